The molecule has 0 amide bonds. The third-order valence-corrected chi connectivity index (χ3v) is 2.74. The molecule has 0 aliphatic carbocycles. The van der Waals surface area contributed by atoms with E-state index in [9.17, 15) is 0 Å². The van der Waals surface area contributed by atoms with Gasteiger partial charge < -0.3 is 10.3 Å². The topological polar surface area (TPSA) is 77.8 Å². The third kappa shape index (κ3) is 2.30. The zero-order valence-corrected chi connectivity index (χ0v) is 10.4. The summed E-state index contributed by atoms with van der Waals surface area (Å²) in [5, 5.41) is 3.97. The third-order valence-electron chi connectivity index (χ3n) is 2.74. The Morgan fingerprint density at radius 2 is 1.84 bits per heavy atom. The van der Waals surface area contributed by atoms with E-state index in [0.717, 1.165) is 5.56 Å². The molecule has 5 nitrogen and oxygen atoms in total. The van der Waals surface area contributed by atoms with Crippen molar-refractivity contribution in [3.05, 3.63) is 48.3 Å². The van der Waals surface area contributed by atoms with Crippen molar-refractivity contribution in [3.63, 3.8) is 0 Å². The van der Waals surface area contributed by atoms with Crippen LogP contribution in [0.3, 0.4) is 0 Å². The Morgan fingerprint density at radius 3 is 2.58 bits per heavy atom. The molecule has 3 rings (SSSR count). The highest BCUT2D eigenvalue weighted by atomic mass is 16.5. The predicted octanol–water partition coefficient (Wildman–Crippen LogP) is 2.69. The van der Waals surface area contributed by atoms with Crippen LogP contribution in [0.4, 0.5) is 5.69 Å². The molecule has 0 aliphatic heterocycles. The van der Waals surface area contributed by atoms with E-state index >= 15 is 0 Å². The van der Waals surface area contributed by atoms with E-state index in [4.69, 9.17) is 10.3 Å². The average Bonchev–Trinajstić information content (AvgIpc) is 2.89. The molecule has 0 atom stereocenters. The molecular formula is C14H12N4O. The maximum Gasteiger partial charge on any atom is 0.259 e. The highest BCUT2D eigenvalue weighted by Gasteiger charge is 2.10. The van der Waals surface area contributed by atoms with Gasteiger partial charge >= 0.3 is 0 Å². The Labute approximate surface area is 110 Å². The lowest BCUT2D eigenvalue weighted by molar-refractivity contribution is 0.432. The van der Waals surface area contributed by atoms with E-state index in [1.54, 1.807) is 18.5 Å². The first-order chi connectivity index (χ1) is 9.22. The average molecular weight is 252 g/mol. The monoisotopic (exact) mass is 252 g/mol. The number of rotatable bonds is 2. The Balaban J connectivity index is 1.97. The lowest BCUT2D eigenvalue weighted by atomic mass is 10.1. The van der Waals surface area contributed by atoms with Crippen molar-refractivity contribution in [2.45, 2.75) is 6.92 Å². The van der Waals surface area contributed by atoms with Gasteiger partial charge in [-0.25, -0.2) is 0 Å². The number of pyridine rings is 1. The van der Waals surface area contributed by atoms with Crippen molar-refractivity contribution in [1.82, 2.24) is 15.1 Å². The zero-order chi connectivity index (χ0) is 13.2. The molecular weight excluding hydrogens is 240 g/mol. The molecule has 5 heteroatoms. The predicted molar refractivity (Wildman–Crippen MR) is 72.1 cm³/mol. The van der Waals surface area contributed by atoms with Crippen molar-refractivity contribution in [1.29, 1.82) is 0 Å². The summed E-state index contributed by atoms with van der Waals surface area (Å²) in [5.74, 6) is 0.966. The normalized spacial score (nSPS) is 10.6. The molecule has 19 heavy (non-hydrogen) atoms. The van der Waals surface area contributed by atoms with Gasteiger partial charge in [0.25, 0.3) is 5.89 Å². The smallest absolute Gasteiger partial charge is 0.259 e. The molecule has 0 saturated carbocycles. The molecule has 0 fully saturated rings. The number of nitrogens with zero attached hydrogens (tertiary/aromatic N) is 3. The zero-order valence-electron chi connectivity index (χ0n) is 10.4. The molecule has 0 radical (unpaired) electrons. The van der Waals surface area contributed by atoms with Gasteiger partial charge in [0, 0.05) is 18.0 Å². The Kier molecular flexibility index (Phi) is 2.72. The second kappa shape index (κ2) is 4.53. The van der Waals surface area contributed by atoms with Crippen LogP contribution < -0.4 is 5.73 Å². The molecule has 1 aromatic carbocycles. The number of aromatic nitrogens is 3. The first-order valence-electron chi connectivity index (χ1n) is 5.84. The summed E-state index contributed by atoms with van der Waals surface area (Å²) in [6.45, 7) is 2.03. The van der Waals surface area contributed by atoms with Crippen LogP contribution in [0.1, 0.15) is 5.56 Å². The van der Waals surface area contributed by atoms with Crippen LogP contribution in [0.15, 0.2) is 47.2 Å². The van der Waals surface area contributed by atoms with Gasteiger partial charge in [0.15, 0.2) is 0 Å². The van der Waals surface area contributed by atoms with Crippen LogP contribution in [0.2, 0.25) is 0 Å². The van der Waals surface area contributed by atoms with Crippen molar-refractivity contribution < 1.29 is 4.52 Å². The Hall–Kier alpha value is -2.69. The molecule has 3 aromatic rings. The first kappa shape index (κ1) is 11.4. The van der Waals surface area contributed by atoms with Crippen LogP contribution in [-0.4, -0.2) is 15.1 Å². The minimum absolute atomic E-state index is 0.412. The summed E-state index contributed by atoms with van der Waals surface area (Å²) in [4.78, 5) is 8.35. The second-order valence-corrected chi connectivity index (χ2v) is 4.30. The van der Waals surface area contributed by atoms with Crippen LogP contribution >= 0.6 is 0 Å². The van der Waals surface area contributed by atoms with Gasteiger partial charge in [-0.3, -0.25) is 4.98 Å². The molecule has 2 aromatic heterocycles. The van der Waals surface area contributed by atoms with Crippen molar-refractivity contribution in [3.8, 4) is 22.8 Å². The van der Waals surface area contributed by atoms with E-state index in [0.29, 0.717) is 23.0 Å². The fourth-order valence-corrected chi connectivity index (χ4v) is 1.74. The lowest BCUT2D eigenvalue weighted by Crippen LogP contribution is -1.87. The number of aryl methyl sites for hydroxylation is 1. The molecule has 2 N–H and O–H groups in total. The highest BCUT2D eigenvalue weighted by molar-refractivity contribution is 5.61. The first-order valence-corrected chi connectivity index (χ1v) is 5.84. The highest BCUT2D eigenvalue weighted by Crippen LogP contribution is 2.22. The Morgan fingerprint density at radius 1 is 1.05 bits per heavy atom. The van der Waals surface area contributed by atoms with E-state index < -0.39 is 0 Å². The van der Waals surface area contributed by atoms with Crippen LogP contribution in [0.25, 0.3) is 22.8 Å². The molecule has 0 unspecified atom stereocenters. The minimum atomic E-state index is 0.412. The van der Waals surface area contributed by atoms with Crippen LogP contribution in [-0.2, 0) is 0 Å². The summed E-state index contributed by atoms with van der Waals surface area (Å²) in [6, 6.07) is 9.68. The number of anilines is 1. The van der Waals surface area contributed by atoms with Gasteiger partial charge in [-0.15, -0.1) is 0 Å². The summed E-state index contributed by atoms with van der Waals surface area (Å²) < 4.78 is 5.23. The second-order valence-electron chi connectivity index (χ2n) is 4.30. The SMILES string of the molecule is Cc1ccc(-c2noc(-c3cncc(N)c3)n2)cc1. The number of hydrogen-bond donors (Lipinski definition) is 1. The van der Waals surface area contributed by atoms with Gasteiger partial charge in [0.1, 0.15) is 0 Å². The van der Waals surface area contributed by atoms with Crippen molar-refractivity contribution in [2.24, 2.45) is 0 Å². The van der Waals surface area contributed by atoms with Gasteiger partial charge in [-0.1, -0.05) is 35.0 Å². The number of hydrogen-bond acceptors (Lipinski definition) is 5. The van der Waals surface area contributed by atoms with E-state index in [1.165, 1.54) is 5.56 Å². The standard InChI is InChI=1S/C14H12N4O/c1-9-2-4-10(5-3-9)13-17-14(19-18-13)11-6-12(15)8-16-7-11/h2-8H,15H2,1H3. The molecule has 0 aliphatic rings. The summed E-state index contributed by atoms with van der Waals surface area (Å²) in [7, 11) is 0. The molecule has 0 bridgehead atoms. The molecule has 0 spiro atoms. The summed E-state index contributed by atoms with van der Waals surface area (Å²) >= 11 is 0. The van der Waals surface area contributed by atoms with Crippen molar-refractivity contribution in [2.75, 3.05) is 5.73 Å². The largest absolute Gasteiger partial charge is 0.397 e. The van der Waals surface area contributed by atoms with Crippen LogP contribution in [0, 0.1) is 6.92 Å². The molecule has 94 valence electrons. The fraction of sp³-hybridized carbons (Fsp3) is 0.0714. The molecule has 2 heterocycles. The van der Waals surface area contributed by atoms with Gasteiger partial charge in [-0.2, -0.15) is 4.98 Å². The van der Waals surface area contributed by atoms with Gasteiger partial charge in [-0.05, 0) is 13.0 Å². The maximum absolute atomic E-state index is 5.68. The van der Waals surface area contributed by atoms with E-state index in [-0.39, 0.29) is 0 Å². The van der Waals surface area contributed by atoms with E-state index in [1.807, 2.05) is 31.2 Å². The number of benzene rings is 1. The van der Waals surface area contributed by atoms with Gasteiger partial charge in [0.05, 0.1) is 11.3 Å². The van der Waals surface area contributed by atoms with E-state index in [2.05, 4.69) is 15.1 Å². The maximum atomic E-state index is 5.68. The lowest BCUT2D eigenvalue weighted by Gasteiger charge is -1.95. The van der Waals surface area contributed by atoms with Gasteiger partial charge in [0.2, 0.25) is 5.82 Å². The summed E-state index contributed by atoms with van der Waals surface area (Å²) in [5.41, 5.74) is 9.06. The number of nitrogens with two attached hydrogens (primary N) is 1. The van der Waals surface area contributed by atoms with Crippen LogP contribution in [0.5, 0.6) is 0 Å². The quantitative estimate of drug-likeness (QED) is 0.758. The minimum Gasteiger partial charge on any atom is -0.397 e. The molecule has 0 saturated heterocycles. The summed E-state index contributed by atoms with van der Waals surface area (Å²) in [6.07, 6.45) is 3.21. The van der Waals surface area contributed by atoms with Crippen molar-refractivity contribution >= 4 is 5.69 Å². The number of nitrogen functional groups attached to an aromatic ring is 1. The fourth-order valence-electron chi connectivity index (χ4n) is 1.74. The Bertz CT molecular complexity index is 703.